The lowest BCUT2D eigenvalue weighted by atomic mass is 9.64. The molecule has 0 atom stereocenters. The second-order valence-corrected chi connectivity index (χ2v) is 5.77. The maximum absolute atomic E-state index is 5.46. The van der Waals surface area contributed by atoms with E-state index in [4.69, 9.17) is 4.74 Å². The maximum atomic E-state index is 5.46. The fourth-order valence-corrected chi connectivity index (χ4v) is 2.91. The zero-order valence-electron chi connectivity index (χ0n) is 9.11. The summed E-state index contributed by atoms with van der Waals surface area (Å²) in [7, 11) is 1.84. The zero-order chi connectivity index (χ0) is 9.41. The Balaban J connectivity index is 2.66. The molecule has 0 aliphatic heterocycles. The molecule has 0 heterocycles. The fraction of sp³-hybridized carbons (Fsp3) is 1.00. The number of hydrogen-bond acceptors (Lipinski definition) is 1. The first-order chi connectivity index (χ1) is 5.35. The van der Waals surface area contributed by atoms with Crippen LogP contribution in [0.3, 0.4) is 0 Å². The Hall–Kier alpha value is -0.0400. The van der Waals surface area contributed by atoms with Crippen LogP contribution in [0.5, 0.6) is 0 Å². The predicted octanol–water partition coefficient (Wildman–Crippen LogP) is 3.24. The number of rotatable bonds is 1. The highest BCUT2D eigenvalue weighted by atomic mass is 16.5. The molecule has 0 aromatic rings. The van der Waals surface area contributed by atoms with Crippen molar-refractivity contribution in [1.29, 1.82) is 0 Å². The first kappa shape index (κ1) is 10.0. The summed E-state index contributed by atoms with van der Waals surface area (Å²) >= 11 is 0. The van der Waals surface area contributed by atoms with E-state index in [2.05, 4.69) is 27.7 Å². The van der Waals surface area contributed by atoms with Crippen molar-refractivity contribution in [3.05, 3.63) is 0 Å². The van der Waals surface area contributed by atoms with E-state index in [9.17, 15) is 0 Å². The summed E-state index contributed by atoms with van der Waals surface area (Å²) in [6.45, 7) is 9.39. The Bertz CT molecular complexity index is 142. The highest BCUT2D eigenvalue weighted by Gasteiger charge is 2.38. The van der Waals surface area contributed by atoms with Gasteiger partial charge in [-0.2, -0.15) is 0 Å². The molecular weight excluding hydrogens is 148 g/mol. The third-order valence-electron chi connectivity index (χ3n) is 2.85. The van der Waals surface area contributed by atoms with Crippen LogP contribution in [0.4, 0.5) is 0 Å². The van der Waals surface area contributed by atoms with Crippen molar-refractivity contribution < 1.29 is 4.74 Å². The van der Waals surface area contributed by atoms with Crippen molar-refractivity contribution in [2.75, 3.05) is 7.11 Å². The van der Waals surface area contributed by atoms with Gasteiger partial charge in [-0.05, 0) is 30.1 Å². The van der Waals surface area contributed by atoms with Crippen LogP contribution in [0.1, 0.15) is 47.0 Å². The van der Waals surface area contributed by atoms with E-state index in [0.717, 1.165) is 0 Å². The SMILES string of the molecule is COC1CC(C)(C)CC(C)(C)C1. The van der Waals surface area contributed by atoms with Gasteiger partial charge in [-0.25, -0.2) is 0 Å². The summed E-state index contributed by atoms with van der Waals surface area (Å²) in [5.74, 6) is 0. The largest absolute Gasteiger partial charge is 0.381 e. The molecule has 1 nitrogen and oxygen atoms in total. The quantitative estimate of drug-likeness (QED) is 0.587. The normalized spacial score (nSPS) is 28.8. The Labute approximate surface area is 76.5 Å². The standard InChI is InChI=1S/C11H22O/c1-10(2)6-9(12-5)7-11(3,4)8-10/h9H,6-8H2,1-5H3. The smallest absolute Gasteiger partial charge is 0.0581 e. The number of ether oxygens (including phenoxy) is 1. The minimum atomic E-state index is 0.461. The molecule has 1 fully saturated rings. The highest BCUT2D eigenvalue weighted by Crippen LogP contribution is 2.46. The summed E-state index contributed by atoms with van der Waals surface area (Å²) in [5.41, 5.74) is 0.921. The van der Waals surface area contributed by atoms with Gasteiger partial charge < -0.3 is 4.74 Å². The Morgan fingerprint density at radius 3 is 1.75 bits per heavy atom. The van der Waals surface area contributed by atoms with Gasteiger partial charge in [0.05, 0.1) is 6.10 Å². The van der Waals surface area contributed by atoms with Gasteiger partial charge >= 0.3 is 0 Å². The molecule has 0 saturated heterocycles. The van der Waals surface area contributed by atoms with Gasteiger partial charge in [0.25, 0.3) is 0 Å². The van der Waals surface area contributed by atoms with Crippen LogP contribution >= 0.6 is 0 Å². The Morgan fingerprint density at radius 1 is 1.00 bits per heavy atom. The van der Waals surface area contributed by atoms with Gasteiger partial charge in [0.2, 0.25) is 0 Å². The third kappa shape index (κ3) is 2.48. The van der Waals surface area contributed by atoms with Crippen molar-refractivity contribution >= 4 is 0 Å². The minimum Gasteiger partial charge on any atom is -0.381 e. The van der Waals surface area contributed by atoms with Crippen LogP contribution < -0.4 is 0 Å². The Kier molecular flexibility index (Phi) is 2.53. The average Bonchev–Trinajstić information content (AvgIpc) is 1.80. The van der Waals surface area contributed by atoms with Crippen LogP contribution in [0, 0.1) is 10.8 Å². The van der Waals surface area contributed by atoms with Gasteiger partial charge in [-0.3, -0.25) is 0 Å². The van der Waals surface area contributed by atoms with Gasteiger partial charge in [0, 0.05) is 7.11 Å². The predicted molar refractivity (Wildman–Crippen MR) is 52.2 cm³/mol. The van der Waals surface area contributed by atoms with E-state index in [0.29, 0.717) is 16.9 Å². The first-order valence-corrected chi connectivity index (χ1v) is 4.87. The third-order valence-corrected chi connectivity index (χ3v) is 2.85. The summed E-state index contributed by atoms with van der Waals surface area (Å²) in [6, 6.07) is 0. The molecule has 0 radical (unpaired) electrons. The van der Waals surface area contributed by atoms with Gasteiger partial charge in [-0.1, -0.05) is 27.7 Å². The van der Waals surface area contributed by atoms with Gasteiger partial charge in [0.1, 0.15) is 0 Å². The molecule has 0 N–H and O–H groups in total. The molecular formula is C11H22O. The molecule has 0 bridgehead atoms. The van der Waals surface area contributed by atoms with E-state index in [1.807, 2.05) is 7.11 Å². The monoisotopic (exact) mass is 170 g/mol. The van der Waals surface area contributed by atoms with Crippen LogP contribution in [0.25, 0.3) is 0 Å². The Morgan fingerprint density at radius 2 is 1.42 bits per heavy atom. The maximum Gasteiger partial charge on any atom is 0.0581 e. The lowest BCUT2D eigenvalue weighted by molar-refractivity contribution is -0.0267. The summed E-state index contributed by atoms with van der Waals surface area (Å²) in [6.07, 6.45) is 4.23. The summed E-state index contributed by atoms with van der Waals surface area (Å²) < 4.78 is 5.46. The molecule has 0 amide bonds. The first-order valence-electron chi connectivity index (χ1n) is 4.87. The van der Waals surface area contributed by atoms with Crippen molar-refractivity contribution in [2.24, 2.45) is 10.8 Å². The lowest BCUT2D eigenvalue weighted by Crippen LogP contribution is -2.37. The van der Waals surface area contributed by atoms with E-state index in [-0.39, 0.29) is 0 Å². The minimum absolute atomic E-state index is 0.461. The highest BCUT2D eigenvalue weighted by molar-refractivity contribution is 4.89. The molecule has 0 aromatic carbocycles. The van der Waals surface area contributed by atoms with Crippen LogP contribution in [-0.2, 0) is 4.74 Å². The summed E-state index contributed by atoms with van der Waals surface area (Å²) in [5, 5.41) is 0. The lowest BCUT2D eigenvalue weighted by Gasteiger charge is -2.44. The molecule has 0 unspecified atom stereocenters. The van der Waals surface area contributed by atoms with Crippen molar-refractivity contribution in [3.8, 4) is 0 Å². The van der Waals surface area contributed by atoms with E-state index >= 15 is 0 Å². The molecule has 1 aliphatic rings. The molecule has 0 spiro atoms. The molecule has 1 heteroatoms. The fourth-order valence-electron chi connectivity index (χ4n) is 2.91. The van der Waals surface area contributed by atoms with Crippen molar-refractivity contribution in [2.45, 2.75) is 53.1 Å². The van der Waals surface area contributed by atoms with E-state index in [1.165, 1.54) is 19.3 Å². The van der Waals surface area contributed by atoms with Crippen molar-refractivity contribution in [3.63, 3.8) is 0 Å². The molecule has 0 aromatic heterocycles. The average molecular weight is 170 g/mol. The van der Waals surface area contributed by atoms with Crippen LogP contribution in [-0.4, -0.2) is 13.2 Å². The second kappa shape index (κ2) is 3.02. The van der Waals surface area contributed by atoms with Crippen LogP contribution in [0.15, 0.2) is 0 Å². The van der Waals surface area contributed by atoms with E-state index < -0.39 is 0 Å². The van der Waals surface area contributed by atoms with Gasteiger partial charge in [0.15, 0.2) is 0 Å². The van der Waals surface area contributed by atoms with Crippen LogP contribution in [0.2, 0.25) is 0 Å². The molecule has 1 rings (SSSR count). The van der Waals surface area contributed by atoms with Crippen molar-refractivity contribution in [1.82, 2.24) is 0 Å². The van der Waals surface area contributed by atoms with E-state index in [1.54, 1.807) is 0 Å². The van der Waals surface area contributed by atoms with Gasteiger partial charge in [-0.15, -0.1) is 0 Å². The second-order valence-electron chi connectivity index (χ2n) is 5.77. The number of hydrogen-bond donors (Lipinski definition) is 0. The molecule has 1 saturated carbocycles. The molecule has 1 aliphatic carbocycles. The summed E-state index contributed by atoms with van der Waals surface area (Å²) in [4.78, 5) is 0. The number of methoxy groups -OCH3 is 1. The topological polar surface area (TPSA) is 9.23 Å². The zero-order valence-corrected chi connectivity index (χ0v) is 9.11. The molecule has 12 heavy (non-hydrogen) atoms. The molecule has 72 valence electrons.